The standard InChI is InChI=1S/C24H22N2O5/c1-5-16-15-10-6-8-12-19(15)26(23(29)31-4)14-18(21(27)30-3)24(16)17-11-7-9-13-20(17)25(2)22(24)28/h5-14,16H,1H2,2-4H3/t16-,24-/m0/s1. The Bertz CT molecular complexity index is 1140. The van der Waals surface area contributed by atoms with Gasteiger partial charge in [0.15, 0.2) is 0 Å². The molecule has 7 heteroatoms. The Morgan fingerprint density at radius 1 is 1.03 bits per heavy atom. The van der Waals surface area contributed by atoms with Gasteiger partial charge in [0, 0.05) is 24.9 Å². The number of fused-ring (bicyclic) bond motifs is 3. The lowest BCUT2D eigenvalue weighted by atomic mass is 9.64. The number of methoxy groups -OCH3 is 2. The van der Waals surface area contributed by atoms with E-state index in [-0.39, 0.29) is 11.5 Å². The van der Waals surface area contributed by atoms with Crippen molar-refractivity contribution in [1.82, 2.24) is 0 Å². The molecule has 2 heterocycles. The van der Waals surface area contributed by atoms with E-state index in [0.717, 1.165) is 0 Å². The van der Waals surface area contributed by atoms with Crippen LogP contribution in [0.15, 0.2) is 73.0 Å². The molecule has 7 nitrogen and oxygen atoms in total. The first-order valence-electron chi connectivity index (χ1n) is 9.70. The normalized spacial score (nSPS) is 21.7. The highest BCUT2D eigenvalue weighted by Gasteiger charge is 2.60. The van der Waals surface area contributed by atoms with Gasteiger partial charge in [0.1, 0.15) is 5.41 Å². The number of carbonyl (C=O) groups is 3. The Labute approximate surface area is 180 Å². The lowest BCUT2D eigenvalue weighted by Crippen LogP contribution is -2.46. The second-order valence-corrected chi connectivity index (χ2v) is 7.34. The lowest BCUT2D eigenvalue weighted by Gasteiger charge is -2.35. The highest BCUT2D eigenvalue weighted by atomic mass is 16.5. The molecule has 2 amide bonds. The molecule has 0 unspecified atom stereocenters. The number of likely N-dealkylation sites (N-methyl/N-ethyl adjacent to an activating group) is 1. The third-order valence-corrected chi connectivity index (χ3v) is 6.03. The van der Waals surface area contributed by atoms with Crippen molar-refractivity contribution in [3.63, 3.8) is 0 Å². The summed E-state index contributed by atoms with van der Waals surface area (Å²) in [5.74, 6) is -1.67. The summed E-state index contributed by atoms with van der Waals surface area (Å²) in [5, 5.41) is 0. The zero-order valence-electron chi connectivity index (χ0n) is 17.5. The van der Waals surface area contributed by atoms with Crippen LogP contribution in [-0.4, -0.2) is 39.2 Å². The van der Waals surface area contributed by atoms with Gasteiger partial charge in [0.2, 0.25) is 5.91 Å². The Morgan fingerprint density at radius 2 is 1.68 bits per heavy atom. The van der Waals surface area contributed by atoms with E-state index in [1.54, 1.807) is 25.3 Å². The van der Waals surface area contributed by atoms with E-state index in [4.69, 9.17) is 9.47 Å². The number of nitrogens with zero attached hydrogens (tertiary/aromatic N) is 2. The Morgan fingerprint density at radius 3 is 2.32 bits per heavy atom. The Kier molecular flexibility index (Phi) is 4.89. The van der Waals surface area contributed by atoms with Crippen molar-refractivity contribution in [3.05, 3.63) is 84.1 Å². The summed E-state index contributed by atoms with van der Waals surface area (Å²) >= 11 is 0. The molecule has 0 N–H and O–H groups in total. The van der Waals surface area contributed by atoms with Crippen LogP contribution in [0.1, 0.15) is 17.0 Å². The summed E-state index contributed by atoms with van der Waals surface area (Å²) in [4.78, 5) is 42.6. The number of hydrogen-bond acceptors (Lipinski definition) is 5. The minimum atomic E-state index is -1.46. The van der Waals surface area contributed by atoms with E-state index in [2.05, 4.69) is 6.58 Å². The van der Waals surface area contributed by atoms with Crippen LogP contribution in [-0.2, 0) is 24.5 Å². The predicted molar refractivity (Wildman–Crippen MR) is 116 cm³/mol. The summed E-state index contributed by atoms with van der Waals surface area (Å²) in [6.45, 7) is 4.00. The summed E-state index contributed by atoms with van der Waals surface area (Å²) in [6.07, 6.45) is 2.30. The first-order chi connectivity index (χ1) is 14.9. The van der Waals surface area contributed by atoms with Crippen molar-refractivity contribution < 1.29 is 23.9 Å². The van der Waals surface area contributed by atoms with Crippen molar-refractivity contribution in [2.24, 2.45) is 0 Å². The molecule has 0 radical (unpaired) electrons. The number of allylic oxidation sites excluding steroid dienone is 1. The maximum Gasteiger partial charge on any atom is 0.418 e. The van der Waals surface area contributed by atoms with Gasteiger partial charge in [-0.25, -0.2) is 9.59 Å². The van der Waals surface area contributed by atoms with Crippen LogP contribution in [0, 0.1) is 0 Å². The van der Waals surface area contributed by atoms with Crippen molar-refractivity contribution >= 4 is 29.3 Å². The average Bonchev–Trinajstić information content (AvgIpc) is 2.95. The van der Waals surface area contributed by atoms with Gasteiger partial charge in [-0.2, -0.15) is 0 Å². The highest BCUT2D eigenvalue weighted by molar-refractivity contribution is 6.17. The van der Waals surface area contributed by atoms with E-state index in [1.807, 2.05) is 36.4 Å². The molecule has 0 saturated heterocycles. The van der Waals surface area contributed by atoms with Crippen LogP contribution in [0.4, 0.5) is 16.2 Å². The fourth-order valence-corrected chi connectivity index (χ4v) is 4.70. The van der Waals surface area contributed by atoms with Gasteiger partial charge in [0.05, 0.1) is 25.5 Å². The number of ether oxygens (including phenoxy) is 2. The number of esters is 1. The van der Waals surface area contributed by atoms with E-state index >= 15 is 0 Å². The molecule has 2 aliphatic rings. The molecule has 0 aromatic heterocycles. The number of benzene rings is 2. The molecule has 0 fully saturated rings. The Hall–Kier alpha value is -3.87. The SMILES string of the molecule is C=C[C@H]1c2ccccc2N(C(=O)OC)C=C(C(=O)OC)[C@]12C(=O)N(C)c1ccccc12. The minimum Gasteiger partial charge on any atom is -0.466 e. The summed E-state index contributed by atoms with van der Waals surface area (Å²) < 4.78 is 10.1. The van der Waals surface area contributed by atoms with Crippen LogP contribution in [0.3, 0.4) is 0 Å². The number of para-hydroxylation sites is 2. The number of hydrogen-bond donors (Lipinski definition) is 0. The summed E-state index contributed by atoms with van der Waals surface area (Å²) in [7, 11) is 4.17. The molecule has 0 saturated carbocycles. The second-order valence-electron chi connectivity index (χ2n) is 7.34. The quantitative estimate of drug-likeness (QED) is 0.551. The van der Waals surface area contributed by atoms with E-state index < -0.39 is 23.4 Å². The smallest absolute Gasteiger partial charge is 0.418 e. The van der Waals surface area contributed by atoms with Gasteiger partial charge in [-0.1, -0.05) is 42.5 Å². The fourth-order valence-electron chi connectivity index (χ4n) is 4.70. The van der Waals surface area contributed by atoms with Gasteiger partial charge in [-0.05, 0) is 23.3 Å². The molecule has 2 aromatic rings. The van der Waals surface area contributed by atoms with Crippen molar-refractivity contribution in [2.75, 3.05) is 31.1 Å². The number of rotatable bonds is 2. The van der Waals surface area contributed by atoms with Gasteiger partial charge < -0.3 is 14.4 Å². The molecule has 2 aliphatic heterocycles. The number of anilines is 2. The fraction of sp³-hybridized carbons (Fsp3) is 0.208. The van der Waals surface area contributed by atoms with Crippen LogP contribution >= 0.6 is 0 Å². The molecule has 158 valence electrons. The van der Waals surface area contributed by atoms with E-state index in [1.165, 1.54) is 30.2 Å². The van der Waals surface area contributed by atoms with Crippen LogP contribution < -0.4 is 9.80 Å². The minimum absolute atomic E-state index is 0.0308. The molecular formula is C24H22N2O5. The molecule has 31 heavy (non-hydrogen) atoms. The topological polar surface area (TPSA) is 76.1 Å². The molecular weight excluding hydrogens is 396 g/mol. The van der Waals surface area contributed by atoms with Crippen molar-refractivity contribution in [2.45, 2.75) is 11.3 Å². The van der Waals surface area contributed by atoms with Gasteiger partial charge >= 0.3 is 12.1 Å². The first kappa shape index (κ1) is 20.4. The zero-order valence-corrected chi connectivity index (χ0v) is 17.5. The molecule has 1 spiro atoms. The highest BCUT2D eigenvalue weighted by Crippen LogP contribution is 2.57. The molecule has 0 aliphatic carbocycles. The zero-order chi connectivity index (χ0) is 22.3. The average molecular weight is 418 g/mol. The van der Waals surface area contributed by atoms with Crippen molar-refractivity contribution in [3.8, 4) is 0 Å². The van der Waals surface area contributed by atoms with Gasteiger partial charge in [0.25, 0.3) is 0 Å². The number of carbonyl (C=O) groups excluding carboxylic acids is 3. The first-order valence-corrected chi connectivity index (χ1v) is 9.70. The van der Waals surface area contributed by atoms with Crippen LogP contribution in [0.5, 0.6) is 0 Å². The van der Waals surface area contributed by atoms with Gasteiger partial charge in [-0.15, -0.1) is 6.58 Å². The van der Waals surface area contributed by atoms with Gasteiger partial charge in [-0.3, -0.25) is 9.69 Å². The number of amides is 2. The van der Waals surface area contributed by atoms with Crippen molar-refractivity contribution in [1.29, 1.82) is 0 Å². The third kappa shape index (κ3) is 2.63. The monoisotopic (exact) mass is 418 g/mol. The van der Waals surface area contributed by atoms with Crippen LogP contribution in [0.25, 0.3) is 0 Å². The van der Waals surface area contributed by atoms with E-state index in [9.17, 15) is 14.4 Å². The maximum atomic E-state index is 13.9. The largest absolute Gasteiger partial charge is 0.466 e. The summed E-state index contributed by atoms with van der Waals surface area (Å²) in [6, 6.07) is 14.4. The Balaban J connectivity index is 2.18. The molecule has 2 atom stereocenters. The van der Waals surface area contributed by atoms with E-state index in [0.29, 0.717) is 22.5 Å². The second kappa shape index (κ2) is 7.43. The summed E-state index contributed by atoms with van der Waals surface area (Å²) in [5.41, 5.74) is 1.06. The maximum absolute atomic E-state index is 13.9. The third-order valence-electron chi connectivity index (χ3n) is 6.03. The van der Waals surface area contributed by atoms with Crippen LogP contribution in [0.2, 0.25) is 0 Å². The molecule has 2 aromatic carbocycles. The molecule has 4 rings (SSSR count). The molecule has 0 bridgehead atoms. The predicted octanol–water partition coefficient (Wildman–Crippen LogP) is 3.51. The lowest BCUT2D eigenvalue weighted by molar-refractivity contribution is -0.138.